The van der Waals surface area contributed by atoms with Gasteiger partial charge in [0, 0.05) is 4.07 Å². The minimum absolute atomic E-state index is 0.483. The van der Waals surface area contributed by atoms with Crippen molar-refractivity contribution in [2.45, 2.75) is 61.4 Å². The van der Waals surface area contributed by atoms with Gasteiger partial charge in [-0.05, 0) is 0 Å². The number of hydrogen-bond donors (Lipinski definition) is 0. The van der Waals surface area contributed by atoms with Gasteiger partial charge in [-0.1, -0.05) is 73.2 Å². The molecule has 2 atom stereocenters. The van der Waals surface area contributed by atoms with Crippen LogP contribution in [-0.4, -0.2) is 19.6 Å². The third kappa shape index (κ3) is 2.95. The van der Waals surface area contributed by atoms with E-state index < -0.39 is 15.5 Å². The molecule has 14 heavy (non-hydrogen) atoms. The predicted octanol–water partition coefficient (Wildman–Crippen LogP) is 4.55. The van der Waals surface area contributed by atoms with Crippen LogP contribution in [0.5, 0.6) is 0 Å². The van der Waals surface area contributed by atoms with E-state index in [-0.39, 0.29) is 0 Å². The molecule has 0 saturated carbocycles. The van der Waals surface area contributed by atoms with E-state index in [1.54, 1.807) is 17.8 Å². The van der Waals surface area contributed by atoms with Crippen molar-refractivity contribution < 1.29 is 0 Å². The average molecular weight is 358 g/mol. The first-order chi connectivity index (χ1) is 6.66. The molecule has 0 bridgehead atoms. The molecular formula is C10H22Br2Si2. The fraction of sp³-hybridized carbons (Fsp3) is 1.00. The highest BCUT2D eigenvalue weighted by Gasteiger charge is 2.52. The summed E-state index contributed by atoms with van der Waals surface area (Å²) in [5.74, 6) is 0. The first-order valence-corrected chi connectivity index (χ1v) is 14.2. The van der Waals surface area contributed by atoms with Crippen LogP contribution >= 0.6 is 31.2 Å². The number of unbranched alkanes of at least 4 members (excludes halogenated alkanes) is 2. The van der Waals surface area contributed by atoms with Gasteiger partial charge in [0.2, 0.25) is 0 Å². The van der Waals surface area contributed by atoms with E-state index in [0.29, 0.717) is 0 Å². The Balaban J connectivity index is 2.44. The molecule has 1 rings (SSSR count). The van der Waals surface area contributed by atoms with Crippen LogP contribution < -0.4 is 0 Å². The molecule has 1 saturated heterocycles. The van der Waals surface area contributed by atoms with Gasteiger partial charge in [-0.2, -0.15) is 0 Å². The van der Waals surface area contributed by atoms with Crippen molar-refractivity contribution >= 4 is 46.7 Å². The Kier molecular flexibility index (Phi) is 5.97. The molecule has 1 aliphatic heterocycles. The maximum Gasteiger partial charge on any atom is 0.123 e. The molecule has 0 amide bonds. The Hall–Kier alpha value is 1.39. The highest BCUT2D eigenvalue weighted by molar-refractivity contribution is 9.26. The first kappa shape index (κ1) is 13.5. The fourth-order valence-corrected chi connectivity index (χ4v) is 30.2. The van der Waals surface area contributed by atoms with Gasteiger partial charge in [0.05, 0.1) is 8.07 Å². The largest absolute Gasteiger partial charge is 0.130 e. The minimum Gasteiger partial charge on any atom is -0.130 e. The van der Waals surface area contributed by atoms with Crippen molar-refractivity contribution in [3.63, 3.8) is 0 Å². The second kappa shape index (κ2) is 6.21. The summed E-state index contributed by atoms with van der Waals surface area (Å²) < 4.78 is 0.994. The third-order valence-corrected chi connectivity index (χ3v) is 29.1. The van der Waals surface area contributed by atoms with E-state index in [0.717, 1.165) is 4.07 Å². The summed E-state index contributed by atoms with van der Waals surface area (Å²) >= 11 is 7.90. The molecule has 84 valence electrons. The van der Waals surface area contributed by atoms with Crippen molar-refractivity contribution in [3.8, 4) is 0 Å². The van der Waals surface area contributed by atoms with Gasteiger partial charge in [-0.15, -0.1) is 15.3 Å². The van der Waals surface area contributed by atoms with E-state index in [9.17, 15) is 0 Å². The zero-order valence-electron chi connectivity index (χ0n) is 9.36. The lowest BCUT2D eigenvalue weighted by Crippen LogP contribution is -2.62. The molecule has 4 heteroatoms. The van der Waals surface area contributed by atoms with E-state index in [4.69, 9.17) is 0 Å². The molecule has 0 N–H and O–H groups in total. The van der Waals surface area contributed by atoms with Crippen molar-refractivity contribution in [3.05, 3.63) is 0 Å². The molecular weight excluding hydrogens is 336 g/mol. The number of alkyl halides is 1. The molecule has 0 aromatic heterocycles. The van der Waals surface area contributed by atoms with Crippen LogP contribution in [0.2, 0.25) is 17.8 Å². The zero-order valence-corrected chi connectivity index (χ0v) is 14.7. The maximum atomic E-state index is 3.99. The quantitative estimate of drug-likeness (QED) is 0.371. The van der Waals surface area contributed by atoms with E-state index >= 15 is 0 Å². The van der Waals surface area contributed by atoms with E-state index in [2.05, 4.69) is 45.1 Å². The smallest absolute Gasteiger partial charge is 0.123 e. The molecule has 1 aliphatic rings. The Bertz CT molecular complexity index is 168. The molecule has 2 unspecified atom stereocenters. The summed E-state index contributed by atoms with van der Waals surface area (Å²) in [5, 5.41) is 0. The van der Waals surface area contributed by atoms with Gasteiger partial charge in [0.25, 0.3) is 0 Å². The molecule has 0 aromatic rings. The summed E-state index contributed by atoms with van der Waals surface area (Å²) in [6.07, 6.45) is 5.72. The van der Waals surface area contributed by atoms with Crippen LogP contribution in [0.1, 0.15) is 39.5 Å². The van der Waals surface area contributed by atoms with Gasteiger partial charge in [-0.25, -0.2) is 0 Å². The highest BCUT2D eigenvalue weighted by Crippen LogP contribution is 2.46. The molecule has 0 spiro atoms. The van der Waals surface area contributed by atoms with E-state index in [1.807, 2.05) is 0 Å². The van der Waals surface area contributed by atoms with Crippen LogP contribution in [0, 0.1) is 0 Å². The number of rotatable bonds is 6. The molecule has 1 fully saturated rings. The number of halogens is 2. The van der Waals surface area contributed by atoms with Crippen LogP contribution in [0.4, 0.5) is 0 Å². The van der Waals surface area contributed by atoms with Crippen LogP contribution in [0.3, 0.4) is 0 Å². The second-order valence-electron chi connectivity index (χ2n) is 4.69. The molecule has 0 radical (unpaired) electrons. The van der Waals surface area contributed by atoms with Gasteiger partial charge in [0.1, 0.15) is 7.42 Å². The zero-order chi connectivity index (χ0) is 10.6. The maximum absolute atomic E-state index is 3.99. The Morgan fingerprint density at radius 3 is 2.00 bits per heavy atom. The topological polar surface area (TPSA) is 0 Å². The Morgan fingerprint density at radius 2 is 1.71 bits per heavy atom. The number of hydrogen-bond acceptors (Lipinski definition) is 0. The standard InChI is InChI=1S/C10H22Br2Si2/c1-3-5-7-14(8-6-4-2)9-13(12)10(14)11/h10,13H,3-9H2,1-2H3. The van der Waals surface area contributed by atoms with Gasteiger partial charge in [0.15, 0.2) is 0 Å². The SMILES string of the molecule is CCCC[Si]1(CCCC)C[SiH](Br)C1Br. The monoisotopic (exact) mass is 356 g/mol. The van der Waals surface area contributed by atoms with Crippen molar-refractivity contribution in [2.24, 2.45) is 0 Å². The summed E-state index contributed by atoms with van der Waals surface area (Å²) in [5.41, 5.74) is 1.66. The van der Waals surface area contributed by atoms with Gasteiger partial charge in [-0.3, -0.25) is 0 Å². The van der Waals surface area contributed by atoms with Crippen LogP contribution in [0.25, 0.3) is 0 Å². The predicted molar refractivity (Wildman–Crippen MR) is 78.8 cm³/mol. The summed E-state index contributed by atoms with van der Waals surface area (Å²) in [6, 6.07) is 3.18. The lowest BCUT2D eigenvalue weighted by atomic mass is 10.4. The second-order valence-corrected chi connectivity index (χ2v) is 19.4. The normalized spacial score (nSPS) is 30.0. The summed E-state index contributed by atoms with van der Waals surface area (Å²) in [4.78, 5) is 0. The van der Waals surface area contributed by atoms with E-state index in [1.165, 1.54) is 25.7 Å². The molecule has 0 aromatic carbocycles. The molecule has 0 aliphatic carbocycles. The van der Waals surface area contributed by atoms with Gasteiger partial charge < -0.3 is 0 Å². The molecule has 1 heterocycles. The summed E-state index contributed by atoms with van der Waals surface area (Å²) in [7, 11) is -1.30. The van der Waals surface area contributed by atoms with Crippen molar-refractivity contribution in [1.82, 2.24) is 0 Å². The average Bonchev–Trinajstić information content (AvgIpc) is 2.21. The fourth-order valence-electron chi connectivity index (χ4n) is 2.49. The lowest BCUT2D eigenvalue weighted by molar-refractivity contribution is 0.820. The Morgan fingerprint density at radius 1 is 1.21 bits per heavy atom. The van der Waals surface area contributed by atoms with Crippen LogP contribution in [-0.2, 0) is 0 Å². The summed E-state index contributed by atoms with van der Waals surface area (Å²) in [6.45, 7) is 4.65. The van der Waals surface area contributed by atoms with Gasteiger partial charge >= 0.3 is 0 Å². The highest BCUT2D eigenvalue weighted by atomic mass is 79.9. The first-order valence-electron chi connectivity index (χ1n) is 5.94. The minimum atomic E-state index is -0.820. The third-order valence-electron chi connectivity index (χ3n) is 3.56. The molecule has 0 nitrogen and oxygen atoms in total. The van der Waals surface area contributed by atoms with Crippen molar-refractivity contribution in [2.75, 3.05) is 0 Å². The lowest BCUT2D eigenvalue weighted by Gasteiger charge is -2.49. The Labute approximate surface area is 108 Å². The van der Waals surface area contributed by atoms with Crippen LogP contribution in [0.15, 0.2) is 0 Å². The van der Waals surface area contributed by atoms with Crippen molar-refractivity contribution in [1.29, 1.82) is 0 Å².